The van der Waals surface area contributed by atoms with E-state index in [4.69, 9.17) is 14.7 Å². The number of carbonyl (C=O) groups is 1. The molecule has 154 valence electrons. The molecule has 31 heavy (non-hydrogen) atoms. The summed E-state index contributed by atoms with van der Waals surface area (Å²) in [7, 11) is 1.53. The molecule has 0 saturated heterocycles. The maximum absolute atomic E-state index is 12.4. The monoisotopic (exact) mass is 431 g/mol. The second kappa shape index (κ2) is 9.19. The first-order chi connectivity index (χ1) is 15.1. The van der Waals surface area contributed by atoms with E-state index in [9.17, 15) is 4.79 Å². The zero-order valence-electron chi connectivity index (χ0n) is 16.5. The summed E-state index contributed by atoms with van der Waals surface area (Å²) in [6, 6.07) is 16.0. The number of nitrogens with one attached hydrogen (secondary N) is 2. The molecule has 0 fully saturated rings. The molecular formula is C22H17N5O3S. The summed E-state index contributed by atoms with van der Waals surface area (Å²) in [5.74, 6) is 1.60. The molecule has 4 rings (SSSR count). The standard InChI is InChI=1S/C22H17N5O3S/c1-29-20-10-15(30-16-3-2-8-24-12-16)5-7-18(20)25-21(28)13-31-22-26-17-6-4-14(11-23)9-19(17)27-22/h2-10,12H,13H2,1H3,(H,25,28)(H,26,27). The van der Waals surface area contributed by atoms with Crippen molar-refractivity contribution >= 4 is 34.4 Å². The van der Waals surface area contributed by atoms with Gasteiger partial charge in [0.2, 0.25) is 5.91 Å². The predicted molar refractivity (Wildman–Crippen MR) is 117 cm³/mol. The number of imidazole rings is 1. The summed E-state index contributed by atoms with van der Waals surface area (Å²) in [4.78, 5) is 24.0. The van der Waals surface area contributed by atoms with Crippen molar-refractivity contribution in [3.05, 3.63) is 66.5 Å². The van der Waals surface area contributed by atoms with Crippen molar-refractivity contribution in [2.75, 3.05) is 18.2 Å². The molecule has 4 aromatic rings. The number of hydrogen-bond donors (Lipinski definition) is 2. The summed E-state index contributed by atoms with van der Waals surface area (Å²) in [5, 5.41) is 12.4. The highest BCUT2D eigenvalue weighted by Gasteiger charge is 2.12. The number of rotatable bonds is 7. The molecule has 2 aromatic heterocycles. The summed E-state index contributed by atoms with van der Waals surface area (Å²) in [6.45, 7) is 0. The van der Waals surface area contributed by atoms with Crippen LogP contribution >= 0.6 is 11.8 Å². The van der Waals surface area contributed by atoms with Crippen molar-refractivity contribution in [1.29, 1.82) is 5.26 Å². The number of pyridine rings is 1. The quantitative estimate of drug-likeness (QED) is 0.418. The number of benzene rings is 2. The van der Waals surface area contributed by atoms with Gasteiger partial charge in [-0.25, -0.2) is 4.98 Å². The van der Waals surface area contributed by atoms with Crippen molar-refractivity contribution in [1.82, 2.24) is 15.0 Å². The molecule has 1 amide bonds. The average molecular weight is 431 g/mol. The van der Waals surface area contributed by atoms with E-state index in [2.05, 4.69) is 26.3 Å². The Morgan fingerprint density at radius 2 is 2.13 bits per heavy atom. The summed E-state index contributed by atoms with van der Waals surface area (Å²) < 4.78 is 11.1. The Hall–Kier alpha value is -4.03. The summed E-state index contributed by atoms with van der Waals surface area (Å²) >= 11 is 1.27. The number of nitriles is 1. The summed E-state index contributed by atoms with van der Waals surface area (Å²) in [5.41, 5.74) is 2.58. The number of anilines is 1. The molecule has 0 bridgehead atoms. The lowest BCUT2D eigenvalue weighted by molar-refractivity contribution is -0.113. The predicted octanol–water partition coefficient (Wildman–Crippen LogP) is 4.36. The van der Waals surface area contributed by atoms with Crippen LogP contribution in [0.15, 0.2) is 66.1 Å². The average Bonchev–Trinajstić information content (AvgIpc) is 3.21. The SMILES string of the molecule is COc1cc(Oc2cccnc2)ccc1NC(=O)CSc1nc2cc(C#N)ccc2[nH]1. The van der Waals surface area contributed by atoms with E-state index in [0.717, 1.165) is 5.52 Å². The highest BCUT2D eigenvalue weighted by atomic mass is 32.2. The van der Waals surface area contributed by atoms with Gasteiger partial charge in [0, 0.05) is 12.3 Å². The molecule has 0 unspecified atom stereocenters. The smallest absolute Gasteiger partial charge is 0.234 e. The van der Waals surface area contributed by atoms with Crippen LogP contribution in [0.5, 0.6) is 17.2 Å². The van der Waals surface area contributed by atoms with Gasteiger partial charge in [-0.3, -0.25) is 9.78 Å². The Bertz CT molecular complexity index is 1270. The largest absolute Gasteiger partial charge is 0.494 e. The third kappa shape index (κ3) is 4.94. The fourth-order valence-electron chi connectivity index (χ4n) is 2.82. The Kier molecular flexibility index (Phi) is 6.01. The van der Waals surface area contributed by atoms with E-state index in [1.807, 2.05) is 0 Å². The number of aromatic amines is 1. The topological polar surface area (TPSA) is 113 Å². The number of fused-ring (bicyclic) bond motifs is 1. The number of aromatic nitrogens is 3. The number of thioether (sulfide) groups is 1. The minimum atomic E-state index is -0.206. The number of carbonyl (C=O) groups excluding carboxylic acids is 1. The van der Waals surface area contributed by atoms with Crippen molar-refractivity contribution < 1.29 is 14.3 Å². The Morgan fingerprint density at radius 1 is 1.23 bits per heavy atom. The van der Waals surface area contributed by atoms with Gasteiger partial charge in [0.15, 0.2) is 5.16 Å². The van der Waals surface area contributed by atoms with E-state index in [-0.39, 0.29) is 11.7 Å². The van der Waals surface area contributed by atoms with Gasteiger partial charge in [0.1, 0.15) is 17.2 Å². The lowest BCUT2D eigenvalue weighted by Crippen LogP contribution is -2.14. The number of hydrogen-bond acceptors (Lipinski definition) is 7. The van der Waals surface area contributed by atoms with Crippen LogP contribution in [-0.4, -0.2) is 33.7 Å². The third-order valence-electron chi connectivity index (χ3n) is 4.25. The minimum absolute atomic E-state index is 0.155. The van der Waals surface area contributed by atoms with Gasteiger partial charge in [-0.15, -0.1) is 0 Å². The second-order valence-corrected chi connectivity index (χ2v) is 7.34. The van der Waals surface area contributed by atoms with E-state index < -0.39 is 0 Å². The first kappa shape index (κ1) is 20.3. The van der Waals surface area contributed by atoms with Gasteiger partial charge in [0.05, 0.1) is 47.4 Å². The van der Waals surface area contributed by atoms with Crippen molar-refractivity contribution in [2.45, 2.75) is 5.16 Å². The van der Waals surface area contributed by atoms with Crippen LogP contribution in [0.25, 0.3) is 11.0 Å². The highest BCUT2D eigenvalue weighted by molar-refractivity contribution is 7.99. The molecule has 2 heterocycles. The zero-order valence-corrected chi connectivity index (χ0v) is 17.3. The van der Waals surface area contributed by atoms with Gasteiger partial charge >= 0.3 is 0 Å². The van der Waals surface area contributed by atoms with Crippen molar-refractivity contribution in [3.63, 3.8) is 0 Å². The highest BCUT2D eigenvalue weighted by Crippen LogP contribution is 2.31. The van der Waals surface area contributed by atoms with Crippen LogP contribution in [0.4, 0.5) is 5.69 Å². The van der Waals surface area contributed by atoms with Crippen LogP contribution < -0.4 is 14.8 Å². The second-order valence-electron chi connectivity index (χ2n) is 6.38. The number of methoxy groups -OCH3 is 1. The van der Waals surface area contributed by atoms with Crippen LogP contribution in [-0.2, 0) is 4.79 Å². The molecule has 8 nitrogen and oxygen atoms in total. The van der Waals surface area contributed by atoms with Gasteiger partial charge in [-0.2, -0.15) is 5.26 Å². The lowest BCUT2D eigenvalue weighted by Gasteiger charge is -2.12. The number of H-pyrrole nitrogens is 1. The molecule has 0 aliphatic rings. The zero-order chi connectivity index (χ0) is 21.6. The van der Waals surface area contributed by atoms with Gasteiger partial charge < -0.3 is 19.8 Å². The Morgan fingerprint density at radius 3 is 2.90 bits per heavy atom. The van der Waals surface area contributed by atoms with Crippen molar-refractivity contribution in [3.8, 4) is 23.3 Å². The normalized spacial score (nSPS) is 10.5. The van der Waals surface area contributed by atoms with Gasteiger partial charge in [0.25, 0.3) is 0 Å². The fourth-order valence-corrected chi connectivity index (χ4v) is 3.51. The van der Waals surface area contributed by atoms with Crippen molar-refractivity contribution in [2.24, 2.45) is 0 Å². The summed E-state index contributed by atoms with van der Waals surface area (Å²) in [6.07, 6.45) is 3.28. The molecule has 0 aliphatic heterocycles. The van der Waals surface area contributed by atoms with Crippen LogP contribution in [0, 0.1) is 11.3 Å². The van der Waals surface area contributed by atoms with Crippen LogP contribution in [0.2, 0.25) is 0 Å². The molecule has 0 aliphatic carbocycles. The number of ether oxygens (including phenoxy) is 2. The van der Waals surface area contributed by atoms with Crippen LogP contribution in [0.3, 0.4) is 0 Å². The van der Waals surface area contributed by atoms with E-state index in [0.29, 0.717) is 39.2 Å². The Labute approximate surface area is 182 Å². The molecule has 2 N–H and O–H groups in total. The number of amides is 1. The maximum Gasteiger partial charge on any atom is 0.234 e. The Balaban J connectivity index is 1.39. The fraction of sp³-hybridized carbons (Fsp3) is 0.0909. The van der Waals surface area contributed by atoms with E-state index in [1.165, 1.54) is 18.9 Å². The molecule has 0 spiro atoms. The van der Waals surface area contributed by atoms with Gasteiger partial charge in [-0.05, 0) is 42.5 Å². The molecule has 0 radical (unpaired) electrons. The van der Waals surface area contributed by atoms with Crippen LogP contribution in [0.1, 0.15) is 5.56 Å². The minimum Gasteiger partial charge on any atom is -0.494 e. The molecule has 0 saturated carbocycles. The first-order valence-electron chi connectivity index (χ1n) is 9.23. The third-order valence-corrected chi connectivity index (χ3v) is 5.12. The maximum atomic E-state index is 12.4. The van der Waals surface area contributed by atoms with E-state index in [1.54, 1.807) is 60.9 Å². The molecule has 0 atom stereocenters. The first-order valence-corrected chi connectivity index (χ1v) is 10.2. The number of nitrogens with zero attached hydrogens (tertiary/aromatic N) is 3. The molecular weight excluding hydrogens is 414 g/mol. The van der Waals surface area contributed by atoms with Gasteiger partial charge in [-0.1, -0.05) is 11.8 Å². The molecule has 2 aromatic carbocycles. The molecule has 9 heteroatoms. The van der Waals surface area contributed by atoms with E-state index >= 15 is 0 Å². The lowest BCUT2D eigenvalue weighted by atomic mass is 10.2.